The standard InChI is InChI=1S/C44H68O10/c1-25(2)30-14-19-44(24-50-27(4)46)21-20-42(10)31(38(30)44)12-13-35-41(9)17-16-36(40(7,8)34(41)15-18-43(35,42)11)54-37-22-32(51-28(5)47)39(52-29(6)48)33(53-37)23-49-26(3)45/h30-39H,1,12-24H2,2-11H3/t30-,31?,32-,33-,34?,35+,36-,37-,38+,39+,41-,42+,43+,44+/m0/s1. The molecule has 6 rings (SSSR count). The third-order valence-corrected chi connectivity index (χ3v) is 16.6. The Morgan fingerprint density at radius 3 is 2.02 bits per heavy atom. The maximum absolute atomic E-state index is 12.2. The minimum absolute atomic E-state index is 0.0478. The molecule has 2 unspecified atom stereocenters. The molecule has 1 aliphatic heterocycles. The van der Waals surface area contributed by atoms with E-state index >= 15 is 0 Å². The summed E-state index contributed by atoms with van der Waals surface area (Å²) in [6.45, 7) is 25.2. The van der Waals surface area contributed by atoms with E-state index in [2.05, 4.69) is 48.1 Å². The molecule has 54 heavy (non-hydrogen) atoms. The minimum atomic E-state index is -0.928. The second kappa shape index (κ2) is 14.8. The smallest absolute Gasteiger partial charge is 0.303 e. The van der Waals surface area contributed by atoms with E-state index in [1.165, 1.54) is 52.0 Å². The van der Waals surface area contributed by atoms with Crippen LogP contribution in [0.25, 0.3) is 0 Å². The second-order valence-electron chi connectivity index (χ2n) is 19.7. The number of rotatable bonds is 9. The van der Waals surface area contributed by atoms with Crippen LogP contribution in [0, 0.1) is 56.7 Å². The van der Waals surface area contributed by atoms with Crippen LogP contribution in [0.5, 0.6) is 0 Å². The summed E-state index contributed by atoms with van der Waals surface area (Å²) in [5.74, 6) is 0.854. The first-order valence-electron chi connectivity index (χ1n) is 20.8. The van der Waals surface area contributed by atoms with Gasteiger partial charge in [-0.25, -0.2) is 0 Å². The molecule has 10 nitrogen and oxygen atoms in total. The van der Waals surface area contributed by atoms with Gasteiger partial charge in [0.15, 0.2) is 12.4 Å². The molecule has 0 bridgehead atoms. The Hall–Kier alpha value is -2.46. The van der Waals surface area contributed by atoms with Gasteiger partial charge in [0.25, 0.3) is 0 Å². The molecular weight excluding hydrogens is 688 g/mol. The first-order valence-corrected chi connectivity index (χ1v) is 20.8. The van der Waals surface area contributed by atoms with Gasteiger partial charge in [0.2, 0.25) is 0 Å². The Balaban J connectivity index is 1.23. The fourth-order valence-corrected chi connectivity index (χ4v) is 14.2. The number of carbonyl (C=O) groups excluding carboxylic acids is 4. The van der Waals surface area contributed by atoms with E-state index < -0.39 is 42.5 Å². The molecule has 0 aromatic rings. The van der Waals surface area contributed by atoms with E-state index in [0.29, 0.717) is 36.2 Å². The quantitative estimate of drug-likeness (QED) is 0.0986. The largest absolute Gasteiger partial charge is 0.465 e. The number of hydrogen-bond donors (Lipinski definition) is 0. The van der Waals surface area contributed by atoms with Crippen molar-refractivity contribution >= 4 is 23.9 Å². The van der Waals surface area contributed by atoms with Gasteiger partial charge in [0, 0.05) is 39.5 Å². The van der Waals surface area contributed by atoms with Crippen molar-refractivity contribution in [1.82, 2.24) is 0 Å². The van der Waals surface area contributed by atoms with Crippen molar-refractivity contribution < 1.29 is 47.6 Å². The van der Waals surface area contributed by atoms with Crippen molar-refractivity contribution in [3.8, 4) is 0 Å². The number of allylic oxidation sites excluding steroid dienone is 1. The zero-order chi connectivity index (χ0) is 39.6. The predicted octanol–water partition coefficient (Wildman–Crippen LogP) is 8.13. The minimum Gasteiger partial charge on any atom is -0.465 e. The molecule has 6 aliphatic rings. The van der Waals surface area contributed by atoms with Crippen LogP contribution in [0.4, 0.5) is 0 Å². The van der Waals surface area contributed by atoms with Gasteiger partial charge in [-0.1, -0.05) is 46.8 Å². The average Bonchev–Trinajstić information content (AvgIpc) is 3.45. The van der Waals surface area contributed by atoms with Gasteiger partial charge in [-0.3, -0.25) is 19.2 Å². The molecule has 0 amide bonds. The molecule has 1 saturated heterocycles. The van der Waals surface area contributed by atoms with Gasteiger partial charge in [-0.2, -0.15) is 0 Å². The summed E-state index contributed by atoms with van der Waals surface area (Å²) in [6, 6.07) is 0. The first-order chi connectivity index (χ1) is 25.2. The van der Waals surface area contributed by atoms with Gasteiger partial charge in [-0.15, -0.1) is 0 Å². The van der Waals surface area contributed by atoms with E-state index in [-0.39, 0.29) is 52.2 Å². The highest BCUT2D eigenvalue weighted by atomic mass is 16.7. The lowest BCUT2D eigenvalue weighted by Crippen LogP contribution is -2.67. The highest BCUT2D eigenvalue weighted by Gasteiger charge is 2.71. The third-order valence-electron chi connectivity index (χ3n) is 16.6. The van der Waals surface area contributed by atoms with Crippen LogP contribution in [0.2, 0.25) is 0 Å². The van der Waals surface area contributed by atoms with E-state index in [0.717, 1.165) is 38.5 Å². The van der Waals surface area contributed by atoms with E-state index in [1.54, 1.807) is 6.92 Å². The number of esters is 4. The van der Waals surface area contributed by atoms with Crippen LogP contribution >= 0.6 is 0 Å². The van der Waals surface area contributed by atoms with Crippen LogP contribution in [0.1, 0.15) is 140 Å². The van der Waals surface area contributed by atoms with Crippen molar-refractivity contribution in [1.29, 1.82) is 0 Å². The van der Waals surface area contributed by atoms with Crippen molar-refractivity contribution in [2.75, 3.05) is 13.2 Å². The summed E-state index contributed by atoms with van der Waals surface area (Å²) >= 11 is 0. The van der Waals surface area contributed by atoms with Gasteiger partial charge in [-0.05, 0) is 122 Å². The molecule has 14 atom stereocenters. The Labute approximate surface area is 323 Å². The van der Waals surface area contributed by atoms with Gasteiger partial charge < -0.3 is 28.4 Å². The molecule has 6 fully saturated rings. The highest BCUT2D eigenvalue weighted by Crippen LogP contribution is 2.77. The topological polar surface area (TPSA) is 124 Å². The van der Waals surface area contributed by atoms with Crippen LogP contribution in [-0.2, 0) is 47.6 Å². The SMILES string of the molecule is C=C(C)[C@@H]1CC[C@]2(COC(C)=O)CC[C@]3(C)C(CC[C@@H]4[C@@]5(C)CC[C@H](O[C@H]6C[C@H](OC(C)=O)[C@@H](OC(C)=O)[C@H](COC(C)=O)O6)C(C)(C)C5CC[C@]43C)[C@@H]12. The van der Waals surface area contributed by atoms with E-state index in [1.807, 2.05) is 0 Å². The molecule has 1 heterocycles. The average molecular weight is 757 g/mol. The molecule has 0 aromatic heterocycles. The number of fused-ring (bicyclic) bond motifs is 7. The molecule has 5 saturated carbocycles. The number of ether oxygens (including phenoxy) is 6. The normalized spacial score (nSPS) is 45.0. The van der Waals surface area contributed by atoms with Crippen LogP contribution in [-0.4, -0.2) is 67.8 Å². The zero-order valence-corrected chi connectivity index (χ0v) is 34.8. The first kappa shape index (κ1) is 41.2. The number of hydrogen-bond acceptors (Lipinski definition) is 10. The summed E-state index contributed by atoms with van der Waals surface area (Å²) in [4.78, 5) is 48.1. The Morgan fingerprint density at radius 1 is 0.704 bits per heavy atom. The van der Waals surface area contributed by atoms with Crippen LogP contribution in [0.3, 0.4) is 0 Å². The molecule has 0 spiro atoms. The van der Waals surface area contributed by atoms with Crippen LogP contribution in [0.15, 0.2) is 12.2 Å². The predicted molar refractivity (Wildman–Crippen MR) is 201 cm³/mol. The lowest BCUT2D eigenvalue weighted by atomic mass is 9.32. The Morgan fingerprint density at radius 2 is 1.39 bits per heavy atom. The monoisotopic (exact) mass is 756 g/mol. The maximum Gasteiger partial charge on any atom is 0.303 e. The van der Waals surface area contributed by atoms with Gasteiger partial charge in [0.1, 0.15) is 18.8 Å². The molecular formula is C44H68O10. The Bertz CT molecular complexity index is 1490. The highest BCUT2D eigenvalue weighted by molar-refractivity contribution is 5.68. The van der Waals surface area contributed by atoms with E-state index in [4.69, 9.17) is 28.4 Å². The van der Waals surface area contributed by atoms with Crippen molar-refractivity contribution in [3.05, 3.63) is 12.2 Å². The molecule has 0 radical (unpaired) electrons. The van der Waals surface area contributed by atoms with Gasteiger partial charge in [0.05, 0.1) is 12.7 Å². The fourth-order valence-electron chi connectivity index (χ4n) is 14.2. The summed E-state index contributed by atoms with van der Waals surface area (Å²) in [6.07, 6.45) is 7.95. The summed E-state index contributed by atoms with van der Waals surface area (Å²) in [5, 5.41) is 0. The summed E-state index contributed by atoms with van der Waals surface area (Å²) in [7, 11) is 0. The zero-order valence-electron chi connectivity index (χ0n) is 34.8. The summed E-state index contributed by atoms with van der Waals surface area (Å²) in [5.41, 5.74) is 1.66. The molecule has 0 aromatic carbocycles. The van der Waals surface area contributed by atoms with Crippen LogP contribution < -0.4 is 0 Å². The lowest BCUT2D eigenvalue weighted by molar-refractivity contribution is -0.304. The van der Waals surface area contributed by atoms with Gasteiger partial charge >= 0.3 is 23.9 Å². The third kappa shape index (κ3) is 6.96. The molecule has 304 valence electrons. The Kier molecular flexibility index (Phi) is 11.3. The lowest BCUT2D eigenvalue weighted by Gasteiger charge is -2.73. The summed E-state index contributed by atoms with van der Waals surface area (Å²) < 4.78 is 35.7. The van der Waals surface area contributed by atoms with Crippen molar-refractivity contribution in [3.63, 3.8) is 0 Å². The second-order valence-corrected chi connectivity index (χ2v) is 19.7. The molecule has 5 aliphatic carbocycles. The van der Waals surface area contributed by atoms with Crippen molar-refractivity contribution in [2.45, 2.75) is 171 Å². The van der Waals surface area contributed by atoms with E-state index in [9.17, 15) is 19.2 Å². The van der Waals surface area contributed by atoms with Crippen molar-refractivity contribution in [2.24, 2.45) is 56.7 Å². The maximum atomic E-state index is 12.2. The number of carbonyl (C=O) groups is 4. The fraction of sp³-hybridized carbons (Fsp3) is 0.864. The molecule has 10 heteroatoms. The molecule has 0 N–H and O–H groups in total.